The Morgan fingerprint density at radius 2 is 2.35 bits per heavy atom. The fraction of sp³-hybridized carbons (Fsp3) is 0.231. The van der Waals surface area contributed by atoms with Crippen LogP contribution in [-0.2, 0) is 4.79 Å². The van der Waals surface area contributed by atoms with E-state index in [1.165, 1.54) is 23.5 Å². The van der Waals surface area contributed by atoms with Crippen molar-refractivity contribution in [1.82, 2.24) is 4.98 Å². The Balaban J connectivity index is 2.04. The van der Waals surface area contributed by atoms with Gasteiger partial charge in [0.1, 0.15) is 11.9 Å². The summed E-state index contributed by atoms with van der Waals surface area (Å²) >= 11 is 7.06. The number of carbonyl (C=O) groups excluding carboxylic acids is 1. The van der Waals surface area contributed by atoms with Gasteiger partial charge in [-0.1, -0.05) is 18.5 Å². The Morgan fingerprint density at radius 3 is 2.95 bits per heavy atom. The lowest BCUT2D eigenvalue weighted by molar-refractivity contribution is -0.116. The molecule has 0 unspecified atom stereocenters. The average molecular weight is 314 g/mol. The van der Waals surface area contributed by atoms with Crippen LogP contribution in [0.25, 0.3) is 0 Å². The van der Waals surface area contributed by atoms with E-state index in [1.807, 2.05) is 6.92 Å². The zero-order chi connectivity index (χ0) is 14.5. The van der Waals surface area contributed by atoms with Crippen LogP contribution >= 0.6 is 22.9 Å². The number of hydrogen-bond donors (Lipinski definition) is 2. The van der Waals surface area contributed by atoms with Crippen molar-refractivity contribution >= 4 is 39.7 Å². The van der Waals surface area contributed by atoms with Crippen molar-refractivity contribution in [3.63, 3.8) is 0 Å². The molecule has 0 aliphatic heterocycles. The number of halogens is 2. The number of amides is 1. The van der Waals surface area contributed by atoms with E-state index in [0.29, 0.717) is 17.2 Å². The monoisotopic (exact) mass is 313 g/mol. The van der Waals surface area contributed by atoms with Crippen LogP contribution in [0.1, 0.15) is 13.3 Å². The highest BCUT2D eigenvalue weighted by Gasteiger charge is 2.17. The van der Waals surface area contributed by atoms with Gasteiger partial charge in [0.25, 0.3) is 0 Å². The smallest absolute Gasteiger partial charge is 0.248 e. The largest absolute Gasteiger partial charge is 0.374 e. The number of rotatable bonds is 5. The minimum absolute atomic E-state index is 0.0187. The van der Waals surface area contributed by atoms with Crippen molar-refractivity contribution in [2.45, 2.75) is 19.4 Å². The number of nitrogens with zero attached hydrogens (tertiary/aromatic N) is 1. The fourth-order valence-electron chi connectivity index (χ4n) is 1.62. The third-order valence-electron chi connectivity index (χ3n) is 2.65. The van der Waals surface area contributed by atoms with E-state index in [-0.39, 0.29) is 10.9 Å². The number of anilines is 2. The Kier molecular flexibility index (Phi) is 4.92. The minimum atomic E-state index is -0.488. The summed E-state index contributed by atoms with van der Waals surface area (Å²) in [5.41, 5.74) is 0.595. The molecule has 0 saturated heterocycles. The maximum absolute atomic E-state index is 13.1. The van der Waals surface area contributed by atoms with Gasteiger partial charge in [-0.3, -0.25) is 4.79 Å². The molecule has 1 amide bonds. The van der Waals surface area contributed by atoms with Gasteiger partial charge >= 0.3 is 0 Å². The lowest BCUT2D eigenvalue weighted by Gasteiger charge is -2.17. The van der Waals surface area contributed by atoms with E-state index in [4.69, 9.17) is 11.6 Å². The normalized spacial score (nSPS) is 11.9. The molecule has 2 aromatic rings. The van der Waals surface area contributed by atoms with E-state index >= 15 is 0 Å². The molecule has 106 valence electrons. The molecule has 4 nitrogen and oxygen atoms in total. The van der Waals surface area contributed by atoms with Crippen molar-refractivity contribution in [3.8, 4) is 0 Å². The van der Waals surface area contributed by atoms with Crippen molar-refractivity contribution in [3.05, 3.63) is 40.6 Å². The van der Waals surface area contributed by atoms with Crippen LogP contribution in [0.4, 0.5) is 15.2 Å². The van der Waals surface area contributed by atoms with Crippen molar-refractivity contribution < 1.29 is 9.18 Å². The summed E-state index contributed by atoms with van der Waals surface area (Å²) < 4.78 is 13.1. The molecular weight excluding hydrogens is 301 g/mol. The van der Waals surface area contributed by atoms with Gasteiger partial charge in [-0.2, -0.15) is 0 Å². The molecule has 7 heteroatoms. The van der Waals surface area contributed by atoms with Crippen LogP contribution in [0.3, 0.4) is 0 Å². The first-order valence-corrected chi connectivity index (χ1v) is 7.28. The third-order valence-corrected chi connectivity index (χ3v) is 3.63. The van der Waals surface area contributed by atoms with Gasteiger partial charge in [0.2, 0.25) is 5.91 Å². The molecule has 0 aliphatic rings. The van der Waals surface area contributed by atoms with Crippen LogP contribution in [0.15, 0.2) is 29.8 Å². The van der Waals surface area contributed by atoms with Gasteiger partial charge in [-0.15, -0.1) is 11.3 Å². The molecule has 0 bridgehead atoms. The van der Waals surface area contributed by atoms with Gasteiger partial charge in [-0.25, -0.2) is 9.37 Å². The number of nitrogens with one attached hydrogen (secondary N) is 2. The second-order valence-corrected chi connectivity index (χ2v) is 5.36. The summed E-state index contributed by atoms with van der Waals surface area (Å²) in [6, 6.07) is 3.81. The van der Waals surface area contributed by atoms with Crippen molar-refractivity contribution in [2.75, 3.05) is 10.6 Å². The number of benzene rings is 1. The van der Waals surface area contributed by atoms with Crippen LogP contribution in [-0.4, -0.2) is 16.9 Å². The molecule has 20 heavy (non-hydrogen) atoms. The Bertz CT molecular complexity index is 591. The quantitative estimate of drug-likeness (QED) is 0.883. The van der Waals surface area contributed by atoms with Gasteiger partial charge in [0, 0.05) is 17.3 Å². The maximum Gasteiger partial charge on any atom is 0.248 e. The second kappa shape index (κ2) is 6.67. The van der Waals surface area contributed by atoms with Crippen LogP contribution in [0.5, 0.6) is 0 Å². The Hall–Kier alpha value is -1.66. The number of carbonyl (C=O) groups is 1. The lowest BCUT2D eigenvalue weighted by Crippen LogP contribution is -2.34. The molecule has 0 saturated carbocycles. The van der Waals surface area contributed by atoms with Gasteiger partial charge in [-0.05, 0) is 24.6 Å². The second-order valence-electron chi connectivity index (χ2n) is 4.06. The molecule has 0 aliphatic carbocycles. The van der Waals surface area contributed by atoms with Crippen molar-refractivity contribution in [1.29, 1.82) is 0 Å². The summed E-state index contributed by atoms with van der Waals surface area (Å²) in [6.45, 7) is 1.88. The molecule has 0 spiro atoms. The molecule has 2 rings (SSSR count). The zero-order valence-electron chi connectivity index (χ0n) is 10.7. The summed E-state index contributed by atoms with van der Waals surface area (Å²) in [5.74, 6) is -0.680. The van der Waals surface area contributed by atoms with Crippen molar-refractivity contribution in [2.24, 2.45) is 0 Å². The van der Waals surface area contributed by atoms with E-state index < -0.39 is 11.9 Å². The average Bonchev–Trinajstić information content (AvgIpc) is 2.92. The van der Waals surface area contributed by atoms with Gasteiger partial charge in [0.05, 0.1) is 5.02 Å². The van der Waals surface area contributed by atoms with Crippen LogP contribution in [0.2, 0.25) is 5.02 Å². The minimum Gasteiger partial charge on any atom is -0.374 e. The van der Waals surface area contributed by atoms with Crippen LogP contribution < -0.4 is 10.6 Å². The molecule has 0 radical (unpaired) electrons. The molecular formula is C13H13ClFN3OS. The lowest BCUT2D eigenvalue weighted by atomic mass is 10.2. The molecule has 1 aromatic carbocycles. The van der Waals surface area contributed by atoms with E-state index in [1.54, 1.807) is 17.6 Å². The summed E-state index contributed by atoms with van der Waals surface area (Å²) in [5, 5.41) is 8.09. The summed E-state index contributed by atoms with van der Waals surface area (Å²) in [6.07, 6.45) is 2.20. The zero-order valence-corrected chi connectivity index (χ0v) is 12.3. The predicted octanol–water partition coefficient (Wildman–Crippen LogP) is 3.76. The van der Waals surface area contributed by atoms with E-state index in [2.05, 4.69) is 15.6 Å². The predicted molar refractivity (Wildman–Crippen MR) is 79.9 cm³/mol. The highest BCUT2D eigenvalue weighted by Crippen LogP contribution is 2.21. The first-order valence-electron chi connectivity index (χ1n) is 6.02. The fourth-order valence-corrected chi connectivity index (χ4v) is 2.33. The standard InChI is InChI=1S/C13H13ClFN3OS/c1-2-11(12(19)18-13-16-5-6-20-13)17-8-3-4-10(15)9(14)7-8/h3-7,11,17H,2H2,1H3,(H,16,18,19)/t11-/m1/s1. The Morgan fingerprint density at radius 1 is 1.55 bits per heavy atom. The molecule has 1 atom stereocenters. The van der Waals surface area contributed by atoms with Gasteiger partial charge in [0.15, 0.2) is 5.13 Å². The maximum atomic E-state index is 13.1. The third kappa shape index (κ3) is 3.68. The number of aromatic nitrogens is 1. The highest BCUT2D eigenvalue weighted by atomic mass is 35.5. The molecule has 0 fully saturated rings. The summed E-state index contributed by atoms with van der Waals surface area (Å²) in [7, 11) is 0. The highest BCUT2D eigenvalue weighted by molar-refractivity contribution is 7.13. The molecule has 1 aromatic heterocycles. The van der Waals surface area contributed by atoms with E-state index in [0.717, 1.165) is 0 Å². The summed E-state index contributed by atoms with van der Waals surface area (Å²) in [4.78, 5) is 16.1. The number of thiazole rings is 1. The van der Waals surface area contributed by atoms with E-state index in [9.17, 15) is 9.18 Å². The first-order chi connectivity index (χ1) is 9.60. The number of hydrogen-bond acceptors (Lipinski definition) is 4. The molecule has 1 heterocycles. The Labute approximate surface area is 125 Å². The van der Waals surface area contributed by atoms with Crippen LogP contribution in [0, 0.1) is 5.82 Å². The SMILES string of the molecule is CC[C@@H](Nc1ccc(F)c(Cl)c1)C(=O)Nc1nccs1. The van der Waals surface area contributed by atoms with Gasteiger partial charge < -0.3 is 10.6 Å². The first kappa shape index (κ1) is 14.7. The topological polar surface area (TPSA) is 54.0 Å². The molecule has 2 N–H and O–H groups in total.